The molecule has 0 unspecified atom stereocenters. The van der Waals surface area contributed by atoms with Gasteiger partial charge in [-0.15, -0.1) is 0 Å². The second-order valence-electron chi connectivity index (χ2n) is 12.3. The molecule has 9 heteroatoms. The van der Waals surface area contributed by atoms with Crippen LogP contribution in [-0.4, -0.2) is 62.3 Å². The standard InChI is InChI=1S/C42H48O9/c1-3-46-41(43)35(42(44)47-4-2)25-36-38(48-27-32-19-11-6-12-20-32)40(50-29-34-23-15-8-16-24-34)39(49-28-33-21-13-7-14-22-33)37(51-36)30-45-26-31-17-9-5-10-18-31/h5-24,35-40H,3-4,25-30H2,1-2H3/t36-,37+,38-,39+,40+/m0/s1. The van der Waals surface area contributed by atoms with Crippen molar-refractivity contribution < 1.29 is 42.7 Å². The van der Waals surface area contributed by atoms with Crippen LogP contribution in [0.2, 0.25) is 0 Å². The molecule has 0 N–H and O–H groups in total. The van der Waals surface area contributed by atoms with Crippen molar-refractivity contribution in [3.05, 3.63) is 144 Å². The summed E-state index contributed by atoms with van der Waals surface area (Å²) in [5, 5.41) is 0. The highest BCUT2D eigenvalue weighted by Gasteiger charge is 2.50. The maximum absolute atomic E-state index is 13.2. The third-order valence-electron chi connectivity index (χ3n) is 8.59. The van der Waals surface area contributed by atoms with Crippen LogP contribution in [0.1, 0.15) is 42.5 Å². The summed E-state index contributed by atoms with van der Waals surface area (Å²) in [6, 6.07) is 39.4. The Labute approximate surface area is 300 Å². The average Bonchev–Trinajstić information content (AvgIpc) is 3.17. The van der Waals surface area contributed by atoms with Gasteiger partial charge in [0.1, 0.15) is 24.4 Å². The van der Waals surface area contributed by atoms with Crippen LogP contribution in [-0.2, 0) is 69.2 Å². The Morgan fingerprint density at radius 1 is 0.529 bits per heavy atom. The molecule has 0 amide bonds. The Morgan fingerprint density at radius 2 is 0.902 bits per heavy atom. The van der Waals surface area contributed by atoms with E-state index in [1.54, 1.807) is 13.8 Å². The van der Waals surface area contributed by atoms with Gasteiger partial charge in [0.15, 0.2) is 5.92 Å². The van der Waals surface area contributed by atoms with Crippen molar-refractivity contribution in [1.82, 2.24) is 0 Å². The van der Waals surface area contributed by atoms with Gasteiger partial charge in [-0.25, -0.2) is 0 Å². The van der Waals surface area contributed by atoms with Gasteiger partial charge in [0.2, 0.25) is 0 Å². The summed E-state index contributed by atoms with van der Waals surface area (Å²) >= 11 is 0. The minimum Gasteiger partial charge on any atom is -0.465 e. The summed E-state index contributed by atoms with van der Waals surface area (Å²) < 4.78 is 43.9. The van der Waals surface area contributed by atoms with Gasteiger partial charge in [-0.2, -0.15) is 0 Å². The highest BCUT2D eigenvalue weighted by molar-refractivity contribution is 5.95. The van der Waals surface area contributed by atoms with Crippen LogP contribution in [0.5, 0.6) is 0 Å². The Bertz CT molecular complexity index is 1550. The van der Waals surface area contributed by atoms with Crippen molar-refractivity contribution in [2.24, 2.45) is 5.92 Å². The molecule has 4 aromatic rings. The fourth-order valence-corrected chi connectivity index (χ4v) is 6.08. The van der Waals surface area contributed by atoms with E-state index in [1.807, 2.05) is 121 Å². The third-order valence-corrected chi connectivity index (χ3v) is 8.59. The molecule has 1 aliphatic rings. The molecule has 0 saturated carbocycles. The Kier molecular flexibility index (Phi) is 15.2. The molecule has 0 aromatic heterocycles. The van der Waals surface area contributed by atoms with E-state index in [-0.39, 0.29) is 39.5 Å². The summed E-state index contributed by atoms with van der Waals surface area (Å²) in [7, 11) is 0. The summed E-state index contributed by atoms with van der Waals surface area (Å²) in [5.74, 6) is -2.59. The van der Waals surface area contributed by atoms with Crippen LogP contribution in [0.4, 0.5) is 0 Å². The van der Waals surface area contributed by atoms with E-state index in [0.29, 0.717) is 13.2 Å². The monoisotopic (exact) mass is 696 g/mol. The zero-order valence-corrected chi connectivity index (χ0v) is 29.3. The molecule has 1 saturated heterocycles. The van der Waals surface area contributed by atoms with Crippen molar-refractivity contribution in [1.29, 1.82) is 0 Å². The summed E-state index contributed by atoms with van der Waals surface area (Å²) in [5.41, 5.74) is 3.91. The van der Waals surface area contributed by atoms with Gasteiger partial charge in [0.05, 0.1) is 52.4 Å². The summed E-state index contributed by atoms with van der Waals surface area (Å²) in [6.07, 6.45) is -3.59. The van der Waals surface area contributed by atoms with Crippen molar-refractivity contribution in [2.45, 2.75) is 77.2 Å². The normalized spacial score (nSPS) is 20.2. The first-order valence-corrected chi connectivity index (χ1v) is 17.6. The lowest BCUT2D eigenvalue weighted by molar-refractivity contribution is -0.275. The minimum absolute atomic E-state index is 0.0527. The minimum atomic E-state index is -1.24. The Hall–Kier alpha value is -4.38. The number of esters is 2. The SMILES string of the molecule is CCOC(=O)C(C[C@@H]1O[C@H](COCc2ccccc2)[C@@H](OCc2ccccc2)[C@H](OCc2ccccc2)[C@H]1OCc1ccccc1)C(=O)OCC. The molecular formula is C42H48O9. The molecule has 0 radical (unpaired) electrons. The first-order valence-electron chi connectivity index (χ1n) is 17.6. The topological polar surface area (TPSA) is 98.8 Å². The van der Waals surface area contributed by atoms with E-state index in [1.165, 1.54) is 0 Å². The van der Waals surface area contributed by atoms with Crippen LogP contribution in [0.25, 0.3) is 0 Å². The highest BCUT2D eigenvalue weighted by Crippen LogP contribution is 2.34. The summed E-state index contributed by atoms with van der Waals surface area (Å²) in [6.45, 7) is 4.94. The fourth-order valence-electron chi connectivity index (χ4n) is 6.08. The fraction of sp³-hybridized carbons (Fsp3) is 0.381. The van der Waals surface area contributed by atoms with Gasteiger partial charge in [-0.05, 0) is 36.1 Å². The van der Waals surface area contributed by atoms with Crippen LogP contribution in [0.15, 0.2) is 121 Å². The highest BCUT2D eigenvalue weighted by atomic mass is 16.6. The smallest absolute Gasteiger partial charge is 0.320 e. The molecule has 0 spiro atoms. The molecule has 5 rings (SSSR count). The molecule has 1 aliphatic heterocycles. The molecule has 5 atom stereocenters. The molecule has 0 aliphatic carbocycles. The molecule has 1 fully saturated rings. The number of hydrogen-bond donors (Lipinski definition) is 0. The van der Waals surface area contributed by atoms with Gasteiger partial charge in [-0.3, -0.25) is 9.59 Å². The maximum Gasteiger partial charge on any atom is 0.320 e. The van der Waals surface area contributed by atoms with Crippen LogP contribution < -0.4 is 0 Å². The lowest BCUT2D eigenvalue weighted by Crippen LogP contribution is -2.61. The van der Waals surface area contributed by atoms with E-state index in [2.05, 4.69) is 0 Å². The maximum atomic E-state index is 13.2. The Balaban J connectivity index is 1.51. The van der Waals surface area contributed by atoms with Crippen LogP contribution in [0, 0.1) is 5.92 Å². The lowest BCUT2D eigenvalue weighted by atomic mass is 9.88. The van der Waals surface area contributed by atoms with E-state index in [4.69, 9.17) is 33.2 Å². The van der Waals surface area contributed by atoms with Crippen LogP contribution in [0.3, 0.4) is 0 Å². The van der Waals surface area contributed by atoms with E-state index >= 15 is 0 Å². The number of ether oxygens (including phenoxy) is 7. The third kappa shape index (κ3) is 11.6. The van der Waals surface area contributed by atoms with Crippen LogP contribution >= 0.6 is 0 Å². The zero-order chi connectivity index (χ0) is 35.7. The van der Waals surface area contributed by atoms with Gasteiger partial charge in [-0.1, -0.05) is 121 Å². The number of carbonyl (C=O) groups excluding carboxylic acids is 2. The van der Waals surface area contributed by atoms with Crippen molar-refractivity contribution in [2.75, 3.05) is 19.8 Å². The first kappa shape index (κ1) is 37.9. The lowest BCUT2D eigenvalue weighted by Gasteiger charge is -2.46. The van der Waals surface area contributed by atoms with Crippen molar-refractivity contribution >= 4 is 11.9 Å². The molecule has 0 bridgehead atoms. The largest absolute Gasteiger partial charge is 0.465 e. The van der Waals surface area contributed by atoms with Crippen molar-refractivity contribution in [3.63, 3.8) is 0 Å². The molecular weight excluding hydrogens is 648 g/mol. The first-order chi connectivity index (χ1) is 25.1. The molecule has 4 aromatic carbocycles. The number of benzene rings is 4. The van der Waals surface area contributed by atoms with Crippen molar-refractivity contribution in [3.8, 4) is 0 Å². The van der Waals surface area contributed by atoms with Gasteiger partial charge in [0.25, 0.3) is 0 Å². The van der Waals surface area contributed by atoms with Gasteiger partial charge < -0.3 is 33.2 Å². The Morgan fingerprint density at radius 3 is 1.31 bits per heavy atom. The zero-order valence-electron chi connectivity index (χ0n) is 29.3. The molecule has 270 valence electrons. The second-order valence-corrected chi connectivity index (χ2v) is 12.3. The average molecular weight is 697 g/mol. The molecule has 9 nitrogen and oxygen atoms in total. The number of carbonyl (C=O) groups is 2. The number of rotatable bonds is 19. The summed E-state index contributed by atoms with van der Waals surface area (Å²) in [4.78, 5) is 26.5. The van der Waals surface area contributed by atoms with E-state index in [9.17, 15) is 9.59 Å². The predicted molar refractivity (Wildman–Crippen MR) is 191 cm³/mol. The quantitative estimate of drug-likeness (QED) is 0.0770. The van der Waals surface area contributed by atoms with E-state index in [0.717, 1.165) is 22.3 Å². The number of hydrogen-bond acceptors (Lipinski definition) is 9. The predicted octanol–water partition coefficient (Wildman–Crippen LogP) is 6.86. The molecule has 1 heterocycles. The van der Waals surface area contributed by atoms with E-state index < -0.39 is 48.4 Å². The van der Waals surface area contributed by atoms with Gasteiger partial charge in [0, 0.05) is 6.42 Å². The molecule has 51 heavy (non-hydrogen) atoms. The second kappa shape index (κ2) is 20.5. The van der Waals surface area contributed by atoms with Gasteiger partial charge >= 0.3 is 11.9 Å².